The molecule has 1 amide bonds. The molecule has 0 aliphatic heterocycles. The van der Waals surface area contributed by atoms with Gasteiger partial charge in [-0.3, -0.25) is 4.79 Å². The van der Waals surface area contributed by atoms with Gasteiger partial charge >= 0.3 is 0 Å². The molecule has 7 heteroatoms. The van der Waals surface area contributed by atoms with Gasteiger partial charge in [0.25, 0.3) is 5.91 Å². The molecule has 0 fully saturated rings. The summed E-state index contributed by atoms with van der Waals surface area (Å²) in [5, 5.41) is 2.67. The monoisotopic (exact) mass is 415 g/mol. The van der Waals surface area contributed by atoms with Crippen LogP contribution in [0.5, 0.6) is 0 Å². The highest BCUT2D eigenvalue weighted by Gasteiger charge is 2.16. The van der Waals surface area contributed by atoms with Crippen LogP contribution >= 0.6 is 0 Å². The molecular weight excluding hydrogens is 396 g/mol. The topological polar surface area (TPSA) is 63.2 Å². The molecule has 0 spiro atoms. The summed E-state index contributed by atoms with van der Waals surface area (Å²) in [7, 11) is -3.52. The van der Waals surface area contributed by atoms with E-state index in [0.29, 0.717) is 16.7 Å². The van der Waals surface area contributed by atoms with Crippen molar-refractivity contribution in [2.24, 2.45) is 0 Å². The molecule has 0 bridgehead atoms. The Morgan fingerprint density at radius 1 is 0.828 bits per heavy atom. The standard InChI is InChI=1S/C22H19F2NO3S/c23-19-12-16(13-20(24)14-19)9-10-25-22(26)18-6-4-5-17(11-18)15-29(27,28)21-7-2-1-3-8-21/h1-8,11-14H,9-10,15H2,(H,25,26). The minimum atomic E-state index is -3.52. The fraction of sp³-hybridized carbons (Fsp3) is 0.136. The first-order valence-corrected chi connectivity index (χ1v) is 10.6. The second kappa shape index (κ2) is 8.96. The van der Waals surface area contributed by atoms with Crippen molar-refractivity contribution in [2.75, 3.05) is 6.54 Å². The Kier molecular flexibility index (Phi) is 6.39. The maximum absolute atomic E-state index is 13.2. The zero-order valence-electron chi connectivity index (χ0n) is 15.4. The van der Waals surface area contributed by atoms with E-state index in [0.717, 1.165) is 6.07 Å². The van der Waals surface area contributed by atoms with Crippen LogP contribution in [0.25, 0.3) is 0 Å². The van der Waals surface area contributed by atoms with Crippen LogP contribution in [-0.4, -0.2) is 20.9 Å². The fourth-order valence-corrected chi connectivity index (χ4v) is 4.27. The summed E-state index contributed by atoms with van der Waals surface area (Å²) in [6.45, 7) is 0.189. The van der Waals surface area contributed by atoms with Crippen LogP contribution in [0.3, 0.4) is 0 Å². The molecule has 0 saturated carbocycles. The average Bonchev–Trinajstić information content (AvgIpc) is 2.68. The average molecular weight is 415 g/mol. The lowest BCUT2D eigenvalue weighted by atomic mass is 10.1. The van der Waals surface area contributed by atoms with Crippen molar-refractivity contribution in [1.29, 1.82) is 0 Å². The van der Waals surface area contributed by atoms with Gasteiger partial charge in [0, 0.05) is 18.2 Å². The third kappa shape index (κ3) is 5.71. The summed E-state index contributed by atoms with van der Waals surface area (Å²) < 4.78 is 51.4. The van der Waals surface area contributed by atoms with Crippen molar-refractivity contribution in [3.63, 3.8) is 0 Å². The lowest BCUT2D eigenvalue weighted by Gasteiger charge is -2.08. The zero-order valence-corrected chi connectivity index (χ0v) is 16.3. The number of carbonyl (C=O) groups is 1. The molecule has 3 aromatic carbocycles. The first kappa shape index (κ1) is 20.7. The van der Waals surface area contributed by atoms with Gasteiger partial charge in [0.05, 0.1) is 10.6 Å². The summed E-state index contributed by atoms with van der Waals surface area (Å²) in [4.78, 5) is 12.6. The first-order chi connectivity index (χ1) is 13.8. The molecule has 0 heterocycles. The fourth-order valence-electron chi connectivity index (χ4n) is 2.91. The third-order valence-corrected chi connectivity index (χ3v) is 5.97. The lowest BCUT2D eigenvalue weighted by molar-refractivity contribution is 0.0954. The smallest absolute Gasteiger partial charge is 0.251 e. The van der Waals surface area contributed by atoms with E-state index in [4.69, 9.17) is 0 Å². The molecule has 0 aliphatic carbocycles. The van der Waals surface area contributed by atoms with E-state index in [1.54, 1.807) is 36.4 Å². The minimum Gasteiger partial charge on any atom is -0.352 e. The predicted molar refractivity (Wildman–Crippen MR) is 106 cm³/mol. The van der Waals surface area contributed by atoms with Crippen LogP contribution in [0, 0.1) is 11.6 Å². The van der Waals surface area contributed by atoms with Gasteiger partial charge in [-0.2, -0.15) is 0 Å². The highest BCUT2D eigenvalue weighted by molar-refractivity contribution is 7.90. The molecule has 0 aliphatic rings. The third-order valence-electron chi connectivity index (χ3n) is 4.27. The molecule has 0 radical (unpaired) electrons. The Labute approximate surface area is 168 Å². The van der Waals surface area contributed by atoms with Crippen molar-refractivity contribution in [3.8, 4) is 0 Å². The van der Waals surface area contributed by atoms with Crippen LogP contribution in [0.1, 0.15) is 21.5 Å². The maximum atomic E-state index is 13.2. The van der Waals surface area contributed by atoms with E-state index >= 15 is 0 Å². The van der Waals surface area contributed by atoms with Crippen LogP contribution < -0.4 is 5.32 Å². The van der Waals surface area contributed by atoms with Gasteiger partial charge in [-0.25, -0.2) is 17.2 Å². The number of hydrogen-bond acceptors (Lipinski definition) is 3. The van der Waals surface area contributed by atoms with Crippen LogP contribution in [0.4, 0.5) is 8.78 Å². The molecule has 3 rings (SSSR count). The zero-order chi connectivity index (χ0) is 20.9. The van der Waals surface area contributed by atoms with E-state index in [2.05, 4.69) is 5.32 Å². The number of hydrogen-bond donors (Lipinski definition) is 1. The van der Waals surface area contributed by atoms with Crippen molar-refractivity contribution in [1.82, 2.24) is 5.32 Å². The van der Waals surface area contributed by atoms with Crippen molar-refractivity contribution < 1.29 is 22.0 Å². The normalized spacial score (nSPS) is 11.2. The highest BCUT2D eigenvalue weighted by Crippen LogP contribution is 2.17. The Hall–Kier alpha value is -3.06. The summed E-state index contributed by atoms with van der Waals surface area (Å²) in [6.07, 6.45) is 0.266. The number of nitrogens with one attached hydrogen (secondary N) is 1. The largest absolute Gasteiger partial charge is 0.352 e. The van der Waals surface area contributed by atoms with Crippen molar-refractivity contribution in [2.45, 2.75) is 17.1 Å². The number of sulfone groups is 1. The van der Waals surface area contributed by atoms with E-state index in [-0.39, 0.29) is 29.5 Å². The molecule has 1 N–H and O–H groups in total. The maximum Gasteiger partial charge on any atom is 0.251 e. The first-order valence-electron chi connectivity index (χ1n) is 8.93. The summed E-state index contributed by atoms with van der Waals surface area (Å²) in [5.41, 5.74) is 1.25. The number of benzene rings is 3. The van der Waals surface area contributed by atoms with Gasteiger partial charge in [-0.1, -0.05) is 30.3 Å². The minimum absolute atomic E-state index is 0.189. The number of carbonyl (C=O) groups excluding carboxylic acids is 1. The predicted octanol–water partition coefficient (Wildman–Crippen LogP) is 3.91. The molecule has 29 heavy (non-hydrogen) atoms. The van der Waals surface area contributed by atoms with E-state index in [9.17, 15) is 22.0 Å². The Balaban J connectivity index is 1.63. The van der Waals surface area contributed by atoms with Gasteiger partial charge in [-0.15, -0.1) is 0 Å². The number of amides is 1. The van der Waals surface area contributed by atoms with Crippen molar-refractivity contribution >= 4 is 15.7 Å². The Morgan fingerprint density at radius 3 is 2.21 bits per heavy atom. The quantitative estimate of drug-likeness (QED) is 0.636. The number of halogens is 2. The molecule has 0 saturated heterocycles. The second-order valence-corrected chi connectivity index (χ2v) is 8.55. The van der Waals surface area contributed by atoms with Gasteiger partial charge in [-0.05, 0) is 53.9 Å². The van der Waals surface area contributed by atoms with Gasteiger partial charge in [0.2, 0.25) is 0 Å². The van der Waals surface area contributed by atoms with E-state index < -0.39 is 21.5 Å². The van der Waals surface area contributed by atoms with Crippen LogP contribution in [-0.2, 0) is 22.0 Å². The van der Waals surface area contributed by atoms with Gasteiger partial charge in [0.1, 0.15) is 11.6 Å². The molecule has 4 nitrogen and oxygen atoms in total. The lowest BCUT2D eigenvalue weighted by Crippen LogP contribution is -2.25. The highest BCUT2D eigenvalue weighted by atomic mass is 32.2. The molecule has 0 aromatic heterocycles. The van der Waals surface area contributed by atoms with Crippen LogP contribution in [0.15, 0.2) is 77.7 Å². The second-order valence-electron chi connectivity index (χ2n) is 6.56. The molecule has 150 valence electrons. The summed E-state index contributed by atoms with van der Waals surface area (Å²) >= 11 is 0. The molecular formula is C22H19F2NO3S. The molecule has 0 unspecified atom stereocenters. The van der Waals surface area contributed by atoms with Crippen LogP contribution in [0.2, 0.25) is 0 Å². The van der Waals surface area contributed by atoms with Gasteiger partial charge < -0.3 is 5.32 Å². The van der Waals surface area contributed by atoms with E-state index in [1.807, 2.05) is 0 Å². The summed E-state index contributed by atoms with van der Waals surface area (Å²) in [5.74, 6) is -1.95. The van der Waals surface area contributed by atoms with Gasteiger partial charge in [0.15, 0.2) is 9.84 Å². The molecule has 0 atom stereocenters. The molecule has 3 aromatic rings. The number of rotatable bonds is 7. The van der Waals surface area contributed by atoms with Crippen molar-refractivity contribution in [3.05, 3.63) is 101 Å². The Morgan fingerprint density at radius 2 is 1.52 bits per heavy atom. The van der Waals surface area contributed by atoms with E-state index in [1.165, 1.54) is 30.3 Å². The SMILES string of the molecule is O=C(NCCc1cc(F)cc(F)c1)c1cccc(CS(=O)(=O)c2ccccc2)c1. The Bertz CT molecular complexity index is 1100. The summed E-state index contributed by atoms with van der Waals surface area (Å²) in [6, 6.07) is 17.7.